The summed E-state index contributed by atoms with van der Waals surface area (Å²) in [6, 6.07) is 37.8. The third-order valence-electron chi connectivity index (χ3n) is 4.91. The van der Waals surface area contributed by atoms with E-state index in [-0.39, 0.29) is 8.58 Å². The van der Waals surface area contributed by atoms with Gasteiger partial charge in [0.2, 0.25) is 0 Å². The molecule has 2 nitrogen and oxygen atoms in total. The van der Waals surface area contributed by atoms with Crippen molar-refractivity contribution in [2.45, 2.75) is 9.38 Å². The van der Waals surface area contributed by atoms with Crippen LogP contribution in [0.5, 0.6) is 0 Å². The molecule has 29 heavy (non-hydrogen) atoms. The van der Waals surface area contributed by atoms with Crippen LogP contribution in [0.3, 0.4) is 0 Å². The van der Waals surface area contributed by atoms with Crippen LogP contribution in [0, 0.1) is 0 Å². The van der Waals surface area contributed by atoms with Crippen molar-refractivity contribution < 1.29 is 8.42 Å². The maximum Gasteiger partial charge on any atom is 0.196 e. The van der Waals surface area contributed by atoms with E-state index in [1.54, 1.807) is 24.3 Å². The average Bonchev–Trinajstić information content (AvgIpc) is 2.80. The molecule has 0 saturated carbocycles. The van der Waals surface area contributed by atoms with E-state index in [9.17, 15) is 8.42 Å². The molecule has 4 rings (SSSR count). The highest BCUT2D eigenvalue weighted by molar-refractivity contribution is 7.98. The molecular formula is C25H21O2PS. The van der Waals surface area contributed by atoms with Crippen LogP contribution in [0.25, 0.3) is 0 Å². The largest absolute Gasteiger partial charge is 0.222 e. The van der Waals surface area contributed by atoms with E-state index in [0.29, 0.717) is 4.90 Å². The topological polar surface area (TPSA) is 34.1 Å². The minimum atomic E-state index is -3.75. The lowest BCUT2D eigenvalue weighted by molar-refractivity contribution is 0.584. The molecule has 0 N–H and O–H groups in total. The molecular weight excluding hydrogens is 395 g/mol. The summed E-state index contributed by atoms with van der Waals surface area (Å²) in [5.41, 5.74) is 1.55. The Hall–Kier alpha value is -2.74. The quantitative estimate of drug-likeness (QED) is 0.396. The summed E-state index contributed by atoms with van der Waals surface area (Å²) in [7, 11) is -3.74. The monoisotopic (exact) mass is 416 g/mol. The Morgan fingerprint density at radius 1 is 0.517 bits per heavy atom. The lowest BCUT2D eigenvalue weighted by Crippen LogP contribution is -2.34. The summed E-state index contributed by atoms with van der Waals surface area (Å²) in [6.07, 6.45) is 0. The van der Waals surface area contributed by atoms with Crippen LogP contribution in [-0.2, 0) is 14.3 Å². The number of hydrogen-bond donors (Lipinski definition) is 0. The van der Waals surface area contributed by atoms with Gasteiger partial charge in [-0.3, -0.25) is 0 Å². The van der Waals surface area contributed by atoms with E-state index in [4.69, 9.17) is 0 Å². The molecule has 4 heteroatoms. The SMILES string of the molecule is O=S(=O)(c1ccccc1)C(Pc1ccccc1)(c1ccccc1)c1ccccc1. The van der Waals surface area contributed by atoms with E-state index in [1.807, 2.05) is 97.1 Å². The van der Waals surface area contributed by atoms with Crippen molar-refractivity contribution in [1.82, 2.24) is 0 Å². The first-order chi connectivity index (χ1) is 14.1. The first-order valence-electron chi connectivity index (χ1n) is 9.38. The highest BCUT2D eigenvalue weighted by Gasteiger charge is 2.48. The van der Waals surface area contributed by atoms with Crippen LogP contribution in [0.15, 0.2) is 126 Å². The molecule has 0 aromatic heterocycles. The van der Waals surface area contributed by atoms with E-state index in [1.165, 1.54) is 0 Å². The van der Waals surface area contributed by atoms with E-state index in [0.717, 1.165) is 16.4 Å². The first-order valence-corrected chi connectivity index (χ1v) is 11.9. The van der Waals surface area contributed by atoms with Gasteiger partial charge in [-0.15, -0.1) is 0 Å². The fourth-order valence-corrected chi connectivity index (χ4v) is 7.93. The predicted molar refractivity (Wildman–Crippen MR) is 122 cm³/mol. The van der Waals surface area contributed by atoms with Crippen LogP contribution in [0.4, 0.5) is 0 Å². The normalized spacial score (nSPS) is 12.3. The Kier molecular flexibility index (Phi) is 5.62. The Morgan fingerprint density at radius 3 is 1.34 bits per heavy atom. The van der Waals surface area contributed by atoms with Gasteiger partial charge in [0.05, 0.1) is 4.90 Å². The molecule has 0 saturated heterocycles. The third kappa shape index (κ3) is 3.64. The second-order valence-corrected chi connectivity index (χ2v) is 10.8. The van der Waals surface area contributed by atoms with Gasteiger partial charge in [0, 0.05) is 0 Å². The average molecular weight is 416 g/mol. The lowest BCUT2D eigenvalue weighted by Gasteiger charge is -2.35. The standard InChI is InChI=1S/C25H21O2PS/c26-29(27,24-19-11-4-12-20-24)25(21-13-5-1-6-14-21,22-15-7-2-8-16-22)28-23-17-9-3-10-18-23/h1-20,28H. The molecule has 0 aliphatic heterocycles. The van der Waals surface area contributed by atoms with Crippen molar-refractivity contribution in [3.05, 3.63) is 132 Å². The molecule has 0 fully saturated rings. The number of benzene rings is 4. The van der Waals surface area contributed by atoms with Gasteiger partial charge in [-0.25, -0.2) is 8.42 Å². The zero-order valence-electron chi connectivity index (χ0n) is 15.8. The Morgan fingerprint density at radius 2 is 0.897 bits per heavy atom. The van der Waals surface area contributed by atoms with E-state index < -0.39 is 14.3 Å². The van der Waals surface area contributed by atoms with Crippen molar-refractivity contribution in [2.75, 3.05) is 0 Å². The molecule has 0 heterocycles. The van der Waals surface area contributed by atoms with Gasteiger partial charge in [-0.1, -0.05) is 118 Å². The Bertz CT molecular complexity index is 1120. The second-order valence-electron chi connectivity index (χ2n) is 6.72. The summed E-state index contributed by atoms with van der Waals surface area (Å²) < 4.78 is 27.3. The van der Waals surface area contributed by atoms with Crippen LogP contribution < -0.4 is 5.30 Å². The van der Waals surface area contributed by atoms with Gasteiger partial charge in [0.25, 0.3) is 0 Å². The van der Waals surface area contributed by atoms with Crippen molar-refractivity contribution in [3.8, 4) is 0 Å². The summed E-state index contributed by atoms with van der Waals surface area (Å²) in [5, 5.41) is 1.000. The van der Waals surface area contributed by atoms with Gasteiger partial charge in [0.15, 0.2) is 9.84 Å². The summed E-state index contributed by atoms with van der Waals surface area (Å²) in [5.74, 6) is 0. The zero-order chi connectivity index (χ0) is 20.2. The molecule has 0 aliphatic rings. The van der Waals surface area contributed by atoms with Crippen molar-refractivity contribution >= 4 is 23.7 Å². The molecule has 0 radical (unpaired) electrons. The Labute approximate surface area is 174 Å². The minimum Gasteiger partial charge on any atom is -0.222 e. The fraction of sp³-hybridized carbons (Fsp3) is 0.0400. The molecule has 0 spiro atoms. The summed E-state index contributed by atoms with van der Waals surface area (Å²) in [6.45, 7) is 0. The first kappa shape index (κ1) is 19.6. The Balaban J connectivity index is 2.06. The fourth-order valence-electron chi connectivity index (χ4n) is 3.54. The minimum absolute atomic E-state index is 0.00970. The molecule has 144 valence electrons. The van der Waals surface area contributed by atoms with Crippen LogP contribution in [0.1, 0.15) is 11.1 Å². The zero-order valence-corrected chi connectivity index (χ0v) is 17.6. The van der Waals surface area contributed by atoms with E-state index in [2.05, 4.69) is 0 Å². The van der Waals surface area contributed by atoms with Crippen molar-refractivity contribution in [2.24, 2.45) is 0 Å². The summed E-state index contributed by atoms with van der Waals surface area (Å²) in [4.78, 5) is 0.330. The smallest absolute Gasteiger partial charge is 0.196 e. The van der Waals surface area contributed by atoms with Gasteiger partial charge >= 0.3 is 0 Å². The molecule has 0 aliphatic carbocycles. The highest BCUT2D eigenvalue weighted by Crippen LogP contribution is 2.53. The maximum atomic E-state index is 14.3. The molecule has 1 atom stereocenters. The van der Waals surface area contributed by atoms with Crippen molar-refractivity contribution in [3.63, 3.8) is 0 Å². The molecule has 1 unspecified atom stereocenters. The predicted octanol–water partition coefficient (Wildman–Crippen LogP) is 5.37. The second kappa shape index (κ2) is 8.32. The lowest BCUT2D eigenvalue weighted by atomic mass is 10.0. The number of hydrogen-bond acceptors (Lipinski definition) is 2. The van der Waals surface area contributed by atoms with Crippen LogP contribution in [-0.4, -0.2) is 8.42 Å². The third-order valence-corrected chi connectivity index (χ3v) is 9.75. The highest BCUT2D eigenvalue weighted by atomic mass is 32.2. The van der Waals surface area contributed by atoms with E-state index >= 15 is 0 Å². The molecule has 0 amide bonds. The maximum absolute atomic E-state index is 14.3. The molecule has 4 aromatic rings. The summed E-state index contributed by atoms with van der Waals surface area (Å²) >= 11 is 0. The van der Waals surface area contributed by atoms with Crippen molar-refractivity contribution in [1.29, 1.82) is 0 Å². The number of rotatable bonds is 6. The van der Waals surface area contributed by atoms with Gasteiger partial charge in [0.1, 0.15) is 4.49 Å². The molecule has 4 aromatic carbocycles. The van der Waals surface area contributed by atoms with Gasteiger partial charge in [-0.05, 0) is 28.6 Å². The molecule has 0 bridgehead atoms. The number of sulfone groups is 1. The van der Waals surface area contributed by atoms with Crippen LogP contribution >= 0.6 is 8.58 Å². The van der Waals surface area contributed by atoms with Gasteiger partial charge in [-0.2, -0.15) is 0 Å². The van der Waals surface area contributed by atoms with Crippen LogP contribution in [0.2, 0.25) is 0 Å². The van der Waals surface area contributed by atoms with Gasteiger partial charge < -0.3 is 0 Å².